The first-order valence-corrected chi connectivity index (χ1v) is 11.2. The standard InChI is InChI=1S/C26H24O11/c1-33-17-6-11(7-18(34-2)21(17)30)24-19(10-27)37-25-13(4-3-5-15(25)35-24)26-23(32)22(31)20-14(29)8-12(28)9-16(20)36-26/h3-9,19,23-24,26-30,32H,10H2,1-2H3/t19-,23-,24+,26+/m0/s1. The first-order chi connectivity index (χ1) is 17.8. The fourth-order valence-electron chi connectivity index (χ4n) is 4.54. The zero-order valence-corrected chi connectivity index (χ0v) is 19.7. The lowest BCUT2D eigenvalue weighted by Gasteiger charge is -2.37. The molecule has 3 aromatic carbocycles. The van der Waals surface area contributed by atoms with Gasteiger partial charge in [-0.1, -0.05) is 12.1 Å². The van der Waals surface area contributed by atoms with Crippen LogP contribution in [0.4, 0.5) is 0 Å². The van der Waals surface area contributed by atoms with Crippen molar-refractivity contribution in [2.24, 2.45) is 0 Å². The molecule has 4 atom stereocenters. The first-order valence-electron chi connectivity index (χ1n) is 11.2. The number of para-hydroxylation sites is 1. The molecule has 37 heavy (non-hydrogen) atoms. The van der Waals surface area contributed by atoms with E-state index in [0.717, 1.165) is 12.1 Å². The molecule has 0 aliphatic carbocycles. The van der Waals surface area contributed by atoms with Gasteiger partial charge in [-0.15, -0.1) is 0 Å². The number of phenolic OH excluding ortho intramolecular Hbond substituents is 3. The van der Waals surface area contributed by atoms with Gasteiger partial charge in [0.15, 0.2) is 47.4 Å². The first kappa shape index (κ1) is 24.3. The third-order valence-corrected chi connectivity index (χ3v) is 6.31. The molecular formula is C26H24O11. The molecular weight excluding hydrogens is 488 g/mol. The summed E-state index contributed by atoms with van der Waals surface area (Å²) in [5.74, 6) is -1.28. The van der Waals surface area contributed by atoms with E-state index in [4.69, 9.17) is 23.7 Å². The molecule has 0 amide bonds. The van der Waals surface area contributed by atoms with Crippen LogP contribution in [0.1, 0.15) is 33.7 Å². The van der Waals surface area contributed by atoms with Crippen molar-refractivity contribution in [3.8, 4) is 46.0 Å². The highest BCUT2D eigenvalue weighted by Gasteiger charge is 2.43. The topological polar surface area (TPSA) is 164 Å². The largest absolute Gasteiger partial charge is 0.508 e. The van der Waals surface area contributed by atoms with Gasteiger partial charge < -0.3 is 49.2 Å². The number of hydrogen-bond acceptors (Lipinski definition) is 11. The van der Waals surface area contributed by atoms with Gasteiger partial charge in [0.25, 0.3) is 0 Å². The van der Waals surface area contributed by atoms with Gasteiger partial charge in [-0.3, -0.25) is 4.79 Å². The van der Waals surface area contributed by atoms with Gasteiger partial charge in [-0.05, 0) is 18.2 Å². The highest BCUT2D eigenvalue weighted by Crippen LogP contribution is 2.49. The van der Waals surface area contributed by atoms with Crippen molar-refractivity contribution in [2.75, 3.05) is 20.8 Å². The van der Waals surface area contributed by atoms with Crippen molar-refractivity contribution >= 4 is 5.78 Å². The summed E-state index contributed by atoms with van der Waals surface area (Å²) in [5.41, 5.74) is 0.502. The van der Waals surface area contributed by atoms with Crippen molar-refractivity contribution in [3.63, 3.8) is 0 Å². The lowest BCUT2D eigenvalue weighted by Crippen LogP contribution is -2.39. The number of carbonyl (C=O) groups is 1. The molecule has 0 saturated carbocycles. The number of hydrogen-bond donors (Lipinski definition) is 5. The maximum Gasteiger partial charge on any atom is 0.202 e. The zero-order valence-electron chi connectivity index (χ0n) is 19.7. The number of aromatic hydroxyl groups is 3. The van der Waals surface area contributed by atoms with Crippen LogP contribution in [0.15, 0.2) is 42.5 Å². The third kappa shape index (κ3) is 3.98. The molecule has 0 unspecified atom stereocenters. The Morgan fingerprint density at radius 1 is 0.892 bits per heavy atom. The Hall–Kier alpha value is -4.35. The fourth-order valence-corrected chi connectivity index (χ4v) is 4.54. The van der Waals surface area contributed by atoms with Crippen molar-refractivity contribution in [1.82, 2.24) is 0 Å². The van der Waals surface area contributed by atoms with Crippen molar-refractivity contribution in [3.05, 3.63) is 59.2 Å². The summed E-state index contributed by atoms with van der Waals surface area (Å²) >= 11 is 0. The van der Waals surface area contributed by atoms with Crippen molar-refractivity contribution in [2.45, 2.75) is 24.4 Å². The van der Waals surface area contributed by atoms with E-state index in [9.17, 15) is 30.3 Å². The van der Waals surface area contributed by atoms with Gasteiger partial charge in [0, 0.05) is 23.3 Å². The second-order valence-corrected chi connectivity index (χ2v) is 8.51. The predicted octanol–water partition coefficient (Wildman–Crippen LogP) is 2.37. The number of fused-ring (bicyclic) bond motifs is 2. The van der Waals surface area contributed by atoms with Crippen LogP contribution in [0.5, 0.6) is 46.0 Å². The zero-order chi connectivity index (χ0) is 26.4. The lowest BCUT2D eigenvalue weighted by atomic mass is 9.91. The molecule has 0 fully saturated rings. The van der Waals surface area contributed by atoms with Crippen molar-refractivity contribution in [1.29, 1.82) is 0 Å². The molecule has 5 rings (SSSR count). The van der Waals surface area contributed by atoms with Crippen LogP contribution in [0.3, 0.4) is 0 Å². The number of phenols is 3. The Labute approximate surface area is 210 Å². The summed E-state index contributed by atoms with van der Waals surface area (Å²) in [6.45, 7) is -0.471. The molecule has 2 aliphatic heterocycles. The number of rotatable bonds is 5. The van der Waals surface area contributed by atoms with Gasteiger partial charge in [0.05, 0.1) is 20.8 Å². The smallest absolute Gasteiger partial charge is 0.202 e. The average molecular weight is 512 g/mol. The quantitative estimate of drug-likeness (QED) is 0.341. The van der Waals surface area contributed by atoms with E-state index in [1.165, 1.54) is 26.4 Å². The number of methoxy groups -OCH3 is 2. The number of Topliss-reactive ketones (excluding diaryl/α,β-unsaturated/α-hetero) is 1. The van der Waals surface area contributed by atoms with Crippen molar-refractivity contribution < 1.29 is 54.0 Å². The number of benzene rings is 3. The lowest BCUT2D eigenvalue weighted by molar-refractivity contribution is -0.0185. The second-order valence-electron chi connectivity index (χ2n) is 8.51. The molecule has 0 aromatic heterocycles. The second kappa shape index (κ2) is 9.26. The average Bonchev–Trinajstić information content (AvgIpc) is 2.89. The minimum atomic E-state index is -1.70. The Morgan fingerprint density at radius 2 is 1.57 bits per heavy atom. The third-order valence-electron chi connectivity index (χ3n) is 6.31. The van der Waals surface area contributed by atoms with E-state index >= 15 is 0 Å². The predicted molar refractivity (Wildman–Crippen MR) is 126 cm³/mol. The van der Waals surface area contributed by atoms with E-state index < -0.39 is 42.6 Å². The summed E-state index contributed by atoms with van der Waals surface area (Å²) < 4.78 is 28.6. The number of ketones is 1. The summed E-state index contributed by atoms with van der Waals surface area (Å²) in [6.07, 6.45) is -4.74. The van der Waals surface area contributed by atoms with Crippen LogP contribution < -0.4 is 23.7 Å². The summed E-state index contributed by atoms with van der Waals surface area (Å²) in [6, 6.07) is 10.00. The molecule has 11 nitrogen and oxygen atoms in total. The highest BCUT2D eigenvalue weighted by molar-refractivity contribution is 6.05. The van der Waals surface area contributed by atoms with E-state index in [-0.39, 0.29) is 51.4 Å². The minimum Gasteiger partial charge on any atom is -0.508 e. The molecule has 0 radical (unpaired) electrons. The van der Waals surface area contributed by atoms with Crippen LogP contribution in [0.2, 0.25) is 0 Å². The number of aliphatic hydroxyl groups is 2. The molecule has 3 aromatic rings. The van der Waals surface area contributed by atoms with Gasteiger partial charge in [0.1, 0.15) is 22.8 Å². The number of ether oxygens (including phenoxy) is 5. The van der Waals surface area contributed by atoms with E-state index in [0.29, 0.717) is 5.56 Å². The van der Waals surface area contributed by atoms with Crippen LogP contribution in [-0.4, -0.2) is 64.4 Å². The van der Waals surface area contributed by atoms with Crippen LogP contribution in [-0.2, 0) is 0 Å². The van der Waals surface area contributed by atoms with Crippen LogP contribution in [0.25, 0.3) is 0 Å². The molecule has 194 valence electrons. The van der Waals surface area contributed by atoms with Crippen LogP contribution in [0, 0.1) is 0 Å². The van der Waals surface area contributed by atoms with E-state index in [1.807, 2.05) is 0 Å². The van der Waals surface area contributed by atoms with Crippen LogP contribution >= 0.6 is 0 Å². The molecule has 0 saturated heterocycles. The Balaban J connectivity index is 1.54. The van der Waals surface area contributed by atoms with E-state index in [2.05, 4.69) is 0 Å². The summed E-state index contributed by atoms with van der Waals surface area (Å²) in [5, 5.41) is 51.1. The minimum absolute atomic E-state index is 0.105. The maximum atomic E-state index is 12.9. The highest BCUT2D eigenvalue weighted by atomic mass is 16.6. The van der Waals surface area contributed by atoms with Gasteiger partial charge >= 0.3 is 0 Å². The number of aliphatic hydroxyl groups excluding tert-OH is 2. The van der Waals surface area contributed by atoms with Gasteiger partial charge in [-0.25, -0.2) is 0 Å². The van der Waals surface area contributed by atoms with E-state index in [1.54, 1.807) is 18.2 Å². The molecule has 11 heteroatoms. The SMILES string of the molecule is COc1cc([C@H]2Oc3cccc([C@H]4Oc5cc(O)cc(O)c5C(=O)[C@@H]4O)c3O[C@H]2CO)cc(OC)c1O. The fraction of sp³-hybridized carbons (Fsp3) is 0.269. The summed E-state index contributed by atoms with van der Waals surface area (Å²) in [7, 11) is 2.77. The monoisotopic (exact) mass is 512 g/mol. The molecule has 0 spiro atoms. The molecule has 2 aliphatic rings. The Kier molecular flexibility index (Phi) is 6.10. The Morgan fingerprint density at radius 3 is 2.22 bits per heavy atom. The molecule has 0 bridgehead atoms. The van der Waals surface area contributed by atoms with Gasteiger partial charge in [0.2, 0.25) is 11.5 Å². The Bertz CT molecular complexity index is 1340. The molecule has 5 N–H and O–H groups in total. The normalized spacial score (nSPS) is 22.1. The maximum absolute atomic E-state index is 12.9. The summed E-state index contributed by atoms with van der Waals surface area (Å²) in [4.78, 5) is 12.9. The number of carbonyl (C=O) groups excluding carboxylic acids is 1. The van der Waals surface area contributed by atoms with Gasteiger partial charge in [-0.2, -0.15) is 0 Å². The molecule has 2 heterocycles.